The van der Waals surface area contributed by atoms with Gasteiger partial charge >= 0.3 is 0 Å². The Labute approximate surface area is 151 Å². The van der Waals surface area contributed by atoms with Crippen LogP contribution in [0.3, 0.4) is 0 Å². The Balaban J connectivity index is 1.80. The summed E-state index contributed by atoms with van der Waals surface area (Å²) >= 11 is 0. The van der Waals surface area contributed by atoms with E-state index in [9.17, 15) is 14.9 Å². The molecular weight excluding hydrogens is 334 g/mol. The highest BCUT2D eigenvalue weighted by Gasteiger charge is 2.23. The molecule has 26 heavy (non-hydrogen) atoms. The molecule has 1 aliphatic rings. The fraction of sp³-hybridized carbons (Fsp3) is 0.316. The highest BCUT2D eigenvalue weighted by atomic mass is 16.6. The lowest BCUT2D eigenvalue weighted by Gasteiger charge is -2.28. The van der Waals surface area contributed by atoms with Crippen molar-refractivity contribution < 1.29 is 14.5 Å². The maximum atomic E-state index is 12.5. The van der Waals surface area contributed by atoms with E-state index in [1.54, 1.807) is 12.1 Å². The zero-order valence-corrected chi connectivity index (χ0v) is 14.6. The quantitative estimate of drug-likeness (QED) is 0.658. The second-order valence-electron chi connectivity index (χ2n) is 6.17. The number of nitrogens with zero attached hydrogens (tertiary/aromatic N) is 2. The van der Waals surface area contributed by atoms with E-state index in [2.05, 4.69) is 5.32 Å². The van der Waals surface area contributed by atoms with Crippen LogP contribution < -0.4 is 10.2 Å². The summed E-state index contributed by atoms with van der Waals surface area (Å²) in [6.07, 6.45) is 0. The molecule has 3 rings (SSSR count). The summed E-state index contributed by atoms with van der Waals surface area (Å²) in [6.45, 7) is 4.14. The Hall–Kier alpha value is -2.93. The molecule has 0 bridgehead atoms. The fourth-order valence-electron chi connectivity index (χ4n) is 2.99. The SMILES string of the molecule is C[C@H](NC(=O)c1ccc(N2CCOCC2)c([N+](=O)[O-])c1)c1ccccc1. The maximum Gasteiger partial charge on any atom is 0.293 e. The average molecular weight is 355 g/mol. The molecule has 1 saturated heterocycles. The number of nitro groups is 1. The van der Waals surface area contributed by atoms with Gasteiger partial charge in [0.05, 0.1) is 24.2 Å². The highest BCUT2D eigenvalue weighted by molar-refractivity contribution is 5.96. The molecule has 1 atom stereocenters. The van der Waals surface area contributed by atoms with Gasteiger partial charge in [-0.15, -0.1) is 0 Å². The van der Waals surface area contributed by atoms with Gasteiger partial charge in [0.25, 0.3) is 11.6 Å². The number of amides is 1. The van der Waals surface area contributed by atoms with E-state index < -0.39 is 4.92 Å². The first kappa shape index (κ1) is 17.9. The Morgan fingerprint density at radius 3 is 2.54 bits per heavy atom. The third-order valence-corrected chi connectivity index (χ3v) is 4.43. The molecule has 2 aromatic rings. The highest BCUT2D eigenvalue weighted by Crippen LogP contribution is 2.30. The largest absolute Gasteiger partial charge is 0.378 e. The van der Waals surface area contributed by atoms with Gasteiger partial charge in [-0.1, -0.05) is 30.3 Å². The first-order valence-corrected chi connectivity index (χ1v) is 8.53. The monoisotopic (exact) mass is 355 g/mol. The number of hydrogen-bond acceptors (Lipinski definition) is 5. The van der Waals surface area contributed by atoms with Gasteiger partial charge in [-0.05, 0) is 24.6 Å². The molecule has 1 N–H and O–H groups in total. The van der Waals surface area contributed by atoms with Crippen molar-refractivity contribution in [3.8, 4) is 0 Å². The number of anilines is 1. The topological polar surface area (TPSA) is 84.7 Å². The predicted molar refractivity (Wildman–Crippen MR) is 98.5 cm³/mol. The summed E-state index contributed by atoms with van der Waals surface area (Å²) in [5.41, 5.74) is 1.70. The number of benzene rings is 2. The van der Waals surface area contributed by atoms with Gasteiger partial charge in [-0.2, -0.15) is 0 Å². The Morgan fingerprint density at radius 1 is 1.19 bits per heavy atom. The van der Waals surface area contributed by atoms with Gasteiger partial charge in [0.2, 0.25) is 0 Å². The molecular formula is C19H21N3O4. The van der Waals surface area contributed by atoms with E-state index in [4.69, 9.17) is 4.74 Å². The van der Waals surface area contributed by atoms with Crippen LogP contribution in [0.5, 0.6) is 0 Å². The minimum absolute atomic E-state index is 0.0630. The minimum atomic E-state index is -0.442. The van der Waals surface area contributed by atoms with Crippen molar-refractivity contribution in [3.05, 3.63) is 69.8 Å². The molecule has 7 nitrogen and oxygen atoms in total. The number of carbonyl (C=O) groups is 1. The molecule has 1 amide bonds. The standard InChI is InChI=1S/C19H21N3O4/c1-14(15-5-3-2-4-6-15)20-19(23)16-7-8-17(18(13-16)22(24)25)21-9-11-26-12-10-21/h2-8,13-14H,9-12H2,1H3,(H,20,23)/t14-/m0/s1. The molecule has 2 aromatic carbocycles. The van der Waals surface area contributed by atoms with Gasteiger partial charge in [0.15, 0.2) is 0 Å². The van der Waals surface area contributed by atoms with Crippen LogP contribution in [0.4, 0.5) is 11.4 Å². The van der Waals surface area contributed by atoms with Crippen LogP contribution in [-0.4, -0.2) is 37.1 Å². The summed E-state index contributed by atoms with van der Waals surface area (Å²) in [5, 5.41) is 14.4. The average Bonchev–Trinajstić information content (AvgIpc) is 2.68. The summed E-state index contributed by atoms with van der Waals surface area (Å²) < 4.78 is 5.29. The van der Waals surface area contributed by atoms with Crippen LogP contribution in [-0.2, 0) is 4.74 Å². The van der Waals surface area contributed by atoms with E-state index in [0.29, 0.717) is 32.0 Å². The van der Waals surface area contributed by atoms with Crippen LogP contribution in [0.15, 0.2) is 48.5 Å². The zero-order valence-electron chi connectivity index (χ0n) is 14.6. The Morgan fingerprint density at radius 2 is 1.88 bits per heavy atom. The van der Waals surface area contributed by atoms with E-state index >= 15 is 0 Å². The normalized spacial score (nSPS) is 15.3. The van der Waals surface area contributed by atoms with Crippen LogP contribution >= 0.6 is 0 Å². The first-order valence-electron chi connectivity index (χ1n) is 8.53. The van der Waals surface area contributed by atoms with Crippen molar-refractivity contribution in [3.63, 3.8) is 0 Å². The van der Waals surface area contributed by atoms with Crippen molar-refractivity contribution >= 4 is 17.3 Å². The summed E-state index contributed by atoms with van der Waals surface area (Å²) in [4.78, 5) is 25.5. The summed E-state index contributed by atoms with van der Waals surface area (Å²) in [7, 11) is 0. The van der Waals surface area contributed by atoms with Crippen LogP contribution in [0.2, 0.25) is 0 Å². The lowest BCUT2D eigenvalue weighted by Crippen LogP contribution is -2.36. The van der Waals surface area contributed by atoms with Gasteiger partial charge in [-0.3, -0.25) is 14.9 Å². The number of nitro benzene ring substituents is 1. The second-order valence-corrected chi connectivity index (χ2v) is 6.17. The van der Waals surface area contributed by atoms with Gasteiger partial charge < -0.3 is 15.0 Å². The number of hydrogen-bond donors (Lipinski definition) is 1. The van der Waals surface area contributed by atoms with E-state index in [0.717, 1.165) is 5.56 Å². The molecule has 1 fully saturated rings. The van der Waals surface area contributed by atoms with Crippen LogP contribution in [0, 0.1) is 10.1 Å². The number of morpholine rings is 1. The smallest absolute Gasteiger partial charge is 0.293 e. The molecule has 0 unspecified atom stereocenters. The molecule has 1 heterocycles. The van der Waals surface area contributed by atoms with Gasteiger partial charge in [-0.25, -0.2) is 0 Å². The maximum absolute atomic E-state index is 12.5. The van der Waals surface area contributed by atoms with E-state index in [-0.39, 0.29) is 23.2 Å². The number of ether oxygens (including phenoxy) is 1. The molecule has 0 radical (unpaired) electrons. The van der Waals surface area contributed by atoms with Crippen molar-refractivity contribution in [2.24, 2.45) is 0 Å². The van der Waals surface area contributed by atoms with Crippen LogP contribution in [0.1, 0.15) is 28.9 Å². The third-order valence-electron chi connectivity index (χ3n) is 4.43. The zero-order chi connectivity index (χ0) is 18.5. The van der Waals surface area contributed by atoms with Crippen molar-refractivity contribution in [1.29, 1.82) is 0 Å². The lowest BCUT2D eigenvalue weighted by atomic mass is 10.1. The minimum Gasteiger partial charge on any atom is -0.378 e. The number of rotatable bonds is 5. The van der Waals surface area contributed by atoms with Crippen molar-refractivity contribution in [2.45, 2.75) is 13.0 Å². The second kappa shape index (κ2) is 7.97. The van der Waals surface area contributed by atoms with Crippen molar-refractivity contribution in [1.82, 2.24) is 5.32 Å². The molecule has 7 heteroatoms. The van der Waals surface area contributed by atoms with E-state index in [1.165, 1.54) is 6.07 Å². The van der Waals surface area contributed by atoms with Crippen LogP contribution in [0.25, 0.3) is 0 Å². The molecule has 0 saturated carbocycles. The Kier molecular flexibility index (Phi) is 5.48. The molecule has 1 aliphatic heterocycles. The Bertz CT molecular complexity index is 789. The fourth-order valence-corrected chi connectivity index (χ4v) is 2.99. The first-order chi connectivity index (χ1) is 12.6. The van der Waals surface area contributed by atoms with Gasteiger partial charge in [0.1, 0.15) is 5.69 Å². The summed E-state index contributed by atoms with van der Waals surface area (Å²) in [6, 6.07) is 14.0. The van der Waals surface area contributed by atoms with Gasteiger partial charge in [0, 0.05) is 24.7 Å². The third kappa shape index (κ3) is 4.00. The lowest BCUT2D eigenvalue weighted by molar-refractivity contribution is -0.384. The van der Waals surface area contributed by atoms with E-state index in [1.807, 2.05) is 42.2 Å². The number of nitrogens with one attached hydrogen (secondary N) is 1. The molecule has 0 aliphatic carbocycles. The number of carbonyl (C=O) groups excluding carboxylic acids is 1. The molecule has 0 spiro atoms. The van der Waals surface area contributed by atoms with Crippen molar-refractivity contribution in [2.75, 3.05) is 31.2 Å². The predicted octanol–water partition coefficient (Wildman–Crippen LogP) is 2.92. The molecule has 136 valence electrons. The molecule has 0 aromatic heterocycles. The summed E-state index contributed by atoms with van der Waals surface area (Å²) in [5.74, 6) is -0.335.